The smallest absolute Gasteiger partial charge is 0.254 e. The largest absolute Gasteiger partial charge is 0.369 e. The van der Waals surface area contributed by atoms with Crippen LogP contribution in [0.1, 0.15) is 16.8 Å². The number of nitrogens with zero attached hydrogens (tertiary/aromatic N) is 2. The van der Waals surface area contributed by atoms with Crippen molar-refractivity contribution in [3.05, 3.63) is 58.9 Å². The number of para-hydroxylation sites is 1. The molecule has 0 atom stereocenters. The predicted molar refractivity (Wildman–Crippen MR) is 104 cm³/mol. The van der Waals surface area contributed by atoms with Gasteiger partial charge in [-0.1, -0.05) is 30.4 Å². The molecule has 132 valence electrons. The van der Waals surface area contributed by atoms with Gasteiger partial charge in [-0.15, -0.1) is 0 Å². The number of carbonyl (C=O) groups excluding carboxylic acids is 1. The van der Waals surface area contributed by atoms with Gasteiger partial charge in [-0.3, -0.25) is 9.69 Å². The van der Waals surface area contributed by atoms with E-state index in [2.05, 4.69) is 50.4 Å². The number of pyridine rings is 1. The van der Waals surface area contributed by atoms with E-state index in [1.807, 2.05) is 0 Å². The molecule has 0 aliphatic carbocycles. The molecular formula is C19H24N4OS. The van der Waals surface area contributed by atoms with Crippen LogP contribution in [0, 0.1) is 4.64 Å². The number of hydrogen-bond donors (Lipinski definition) is 2. The number of rotatable bonds is 6. The molecule has 0 unspecified atom stereocenters. The summed E-state index contributed by atoms with van der Waals surface area (Å²) in [4.78, 5) is 19.9. The average Bonchev–Trinajstić information content (AvgIpc) is 2.66. The molecule has 5 nitrogen and oxygen atoms in total. The maximum absolute atomic E-state index is 12.1. The third-order valence-electron chi connectivity index (χ3n) is 4.49. The Balaban J connectivity index is 1.36. The van der Waals surface area contributed by atoms with Crippen LogP contribution in [-0.2, 0) is 0 Å². The molecule has 1 saturated heterocycles. The first-order valence-corrected chi connectivity index (χ1v) is 9.13. The monoisotopic (exact) mass is 356 g/mol. The van der Waals surface area contributed by atoms with Crippen LogP contribution in [0.3, 0.4) is 0 Å². The lowest BCUT2D eigenvalue weighted by Gasteiger charge is -2.36. The zero-order valence-corrected chi connectivity index (χ0v) is 15.1. The van der Waals surface area contributed by atoms with E-state index >= 15 is 0 Å². The van der Waals surface area contributed by atoms with Crippen LogP contribution in [0.25, 0.3) is 0 Å². The van der Waals surface area contributed by atoms with Crippen LogP contribution in [0.15, 0.2) is 48.7 Å². The molecule has 0 saturated carbocycles. The zero-order chi connectivity index (χ0) is 17.5. The number of piperazine rings is 1. The fourth-order valence-electron chi connectivity index (χ4n) is 3.07. The molecule has 0 radical (unpaired) electrons. The lowest BCUT2D eigenvalue weighted by atomic mass is 10.2. The highest BCUT2D eigenvalue weighted by Crippen LogP contribution is 2.15. The average molecular weight is 356 g/mol. The summed E-state index contributed by atoms with van der Waals surface area (Å²) in [5.74, 6) is -0.101. The SMILES string of the molecule is O=C(NCCCN1CCN(c2ccccc2)CC1)c1ccc[nH]c1=S. The van der Waals surface area contributed by atoms with E-state index in [0.717, 1.165) is 39.1 Å². The third-order valence-corrected chi connectivity index (χ3v) is 4.83. The van der Waals surface area contributed by atoms with E-state index in [-0.39, 0.29) is 5.91 Å². The first kappa shape index (κ1) is 17.6. The highest BCUT2D eigenvalue weighted by atomic mass is 32.1. The molecule has 6 heteroatoms. The quantitative estimate of drug-likeness (QED) is 0.617. The summed E-state index contributed by atoms with van der Waals surface area (Å²) in [5, 5.41) is 2.95. The molecule has 0 bridgehead atoms. The predicted octanol–water partition coefficient (Wildman–Crippen LogP) is 2.69. The van der Waals surface area contributed by atoms with Crippen LogP contribution in [0.2, 0.25) is 0 Å². The number of nitrogens with one attached hydrogen (secondary N) is 2. The second-order valence-electron chi connectivity index (χ2n) is 6.19. The minimum Gasteiger partial charge on any atom is -0.369 e. The van der Waals surface area contributed by atoms with Crippen LogP contribution in [0.4, 0.5) is 5.69 Å². The number of benzene rings is 1. The van der Waals surface area contributed by atoms with Gasteiger partial charge in [0.2, 0.25) is 0 Å². The van der Waals surface area contributed by atoms with Crippen molar-refractivity contribution in [1.29, 1.82) is 0 Å². The van der Waals surface area contributed by atoms with Crippen LogP contribution in [0.5, 0.6) is 0 Å². The van der Waals surface area contributed by atoms with Gasteiger partial charge in [-0.25, -0.2) is 0 Å². The number of hydrogen-bond acceptors (Lipinski definition) is 4. The first-order valence-electron chi connectivity index (χ1n) is 8.72. The molecule has 1 aromatic heterocycles. The van der Waals surface area contributed by atoms with Gasteiger partial charge in [0.1, 0.15) is 4.64 Å². The van der Waals surface area contributed by atoms with E-state index in [0.29, 0.717) is 16.7 Å². The van der Waals surface area contributed by atoms with Crippen molar-refractivity contribution in [3.63, 3.8) is 0 Å². The fourth-order valence-corrected chi connectivity index (χ4v) is 3.30. The number of amides is 1. The van der Waals surface area contributed by atoms with Crippen molar-refractivity contribution >= 4 is 23.8 Å². The lowest BCUT2D eigenvalue weighted by molar-refractivity contribution is 0.0950. The minimum absolute atomic E-state index is 0.101. The number of aromatic amines is 1. The third kappa shape index (κ3) is 4.90. The van der Waals surface area contributed by atoms with Crippen molar-refractivity contribution in [3.8, 4) is 0 Å². The molecule has 2 aromatic rings. The summed E-state index contributed by atoms with van der Waals surface area (Å²) >= 11 is 5.13. The summed E-state index contributed by atoms with van der Waals surface area (Å²) in [7, 11) is 0. The minimum atomic E-state index is -0.101. The molecule has 1 aromatic carbocycles. The molecule has 2 heterocycles. The summed E-state index contributed by atoms with van der Waals surface area (Å²) in [6, 6.07) is 14.1. The highest BCUT2D eigenvalue weighted by Gasteiger charge is 2.16. The Hall–Kier alpha value is -2.18. The second-order valence-corrected chi connectivity index (χ2v) is 6.59. The molecule has 25 heavy (non-hydrogen) atoms. The molecule has 1 aliphatic heterocycles. The Morgan fingerprint density at radius 2 is 1.84 bits per heavy atom. The standard InChI is InChI=1S/C19H24N4OS/c24-18(17-8-4-9-21-19(17)25)20-10-5-11-22-12-14-23(15-13-22)16-6-2-1-3-7-16/h1-4,6-9H,5,10-15H2,(H,20,24)(H,21,25). The van der Waals surface area contributed by atoms with Crippen molar-refractivity contribution in [2.24, 2.45) is 0 Å². The molecule has 2 N–H and O–H groups in total. The Bertz CT molecular complexity index is 738. The van der Waals surface area contributed by atoms with E-state index < -0.39 is 0 Å². The van der Waals surface area contributed by atoms with E-state index in [1.165, 1.54) is 5.69 Å². The van der Waals surface area contributed by atoms with E-state index in [9.17, 15) is 4.79 Å². The molecule has 3 rings (SSSR count). The zero-order valence-electron chi connectivity index (χ0n) is 14.3. The second kappa shape index (κ2) is 8.78. The number of aromatic nitrogens is 1. The lowest BCUT2D eigenvalue weighted by Crippen LogP contribution is -2.47. The fraction of sp³-hybridized carbons (Fsp3) is 0.368. The molecule has 0 spiro atoms. The number of anilines is 1. The Kier molecular flexibility index (Phi) is 6.19. The van der Waals surface area contributed by atoms with Crippen LogP contribution >= 0.6 is 12.2 Å². The maximum Gasteiger partial charge on any atom is 0.254 e. The summed E-state index contributed by atoms with van der Waals surface area (Å²) in [6.07, 6.45) is 2.68. The number of H-pyrrole nitrogens is 1. The van der Waals surface area contributed by atoms with Gasteiger partial charge >= 0.3 is 0 Å². The topological polar surface area (TPSA) is 51.4 Å². The maximum atomic E-state index is 12.1. The van der Waals surface area contributed by atoms with Crippen molar-refractivity contribution in [2.75, 3.05) is 44.2 Å². The van der Waals surface area contributed by atoms with Gasteiger partial charge in [0.15, 0.2) is 0 Å². The van der Waals surface area contributed by atoms with E-state index in [4.69, 9.17) is 12.2 Å². The summed E-state index contributed by atoms with van der Waals surface area (Å²) in [6.45, 7) is 5.90. The Labute approximate surface area is 153 Å². The molecule has 1 fully saturated rings. The molecular weight excluding hydrogens is 332 g/mol. The van der Waals surface area contributed by atoms with Crippen molar-refractivity contribution < 1.29 is 4.79 Å². The first-order chi connectivity index (χ1) is 12.2. The van der Waals surface area contributed by atoms with Crippen molar-refractivity contribution in [1.82, 2.24) is 15.2 Å². The Morgan fingerprint density at radius 3 is 2.56 bits per heavy atom. The van der Waals surface area contributed by atoms with Crippen LogP contribution in [-0.4, -0.2) is 55.1 Å². The molecule has 1 aliphatic rings. The Morgan fingerprint density at radius 1 is 1.08 bits per heavy atom. The normalized spacial score (nSPS) is 15.1. The van der Waals surface area contributed by atoms with Gasteiger partial charge in [0, 0.05) is 44.6 Å². The van der Waals surface area contributed by atoms with Gasteiger partial charge in [-0.2, -0.15) is 0 Å². The number of carbonyl (C=O) groups is 1. The van der Waals surface area contributed by atoms with Crippen LogP contribution < -0.4 is 10.2 Å². The summed E-state index contributed by atoms with van der Waals surface area (Å²) in [5.41, 5.74) is 1.84. The van der Waals surface area contributed by atoms with Crippen molar-refractivity contribution in [2.45, 2.75) is 6.42 Å². The van der Waals surface area contributed by atoms with Gasteiger partial charge in [-0.05, 0) is 37.2 Å². The molecule has 1 amide bonds. The van der Waals surface area contributed by atoms with Gasteiger partial charge in [0.05, 0.1) is 5.56 Å². The highest BCUT2D eigenvalue weighted by molar-refractivity contribution is 7.71. The van der Waals surface area contributed by atoms with E-state index in [1.54, 1.807) is 18.3 Å². The summed E-state index contributed by atoms with van der Waals surface area (Å²) < 4.78 is 0.483. The van der Waals surface area contributed by atoms with Gasteiger partial charge in [0.25, 0.3) is 5.91 Å². The van der Waals surface area contributed by atoms with Gasteiger partial charge < -0.3 is 15.2 Å².